The number of rotatable bonds is 3. The number of nitro benzene ring substituents is 1. The van der Waals surface area contributed by atoms with Crippen molar-refractivity contribution in [3.63, 3.8) is 0 Å². The Hall–Kier alpha value is -1.69. The van der Waals surface area contributed by atoms with Crippen LogP contribution < -0.4 is 4.90 Å². The zero-order valence-corrected chi connectivity index (χ0v) is 11.2. The predicted molar refractivity (Wildman–Crippen MR) is 72.1 cm³/mol. The van der Waals surface area contributed by atoms with Gasteiger partial charge in [-0.25, -0.2) is 4.39 Å². The first-order valence-electron chi connectivity index (χ1n) is 6.43. The number of hydrogen-bond acceptors (Lipinski definition) is 4. The highest BCUT2D eigenvalue weighted by Crippen LogP contribution is 2.30. The fourth-order valence-electron chi connectivity index (χ4n) is 2.40. The van der Waals surface area contributed by atoms with Gasteiger partial charge in [0, 0.05) is 32.2 Å². The Morgan fingerprint density at radius 1 is 1.32 bits per heavy atom. The van der Waals surface area contributed by atoms with Crippen molar-refractivity contribution in [1.29, 1.82) is 0 Å². The lowest BCUT2D eigenvalue weighted by Gasteiger charge is -2.34. The molecule has 0 atom stereocenters. The zero-order valence-electron chi connectivity index (χ0n) is 11.2. The van der Waals surface area contributed by atoms with Crippen molar-refractivity contribution in [3.8, 4) is 0 Å². The molecule has 0 aromatic heterocycles. The average molecular weight is 267 g/mol. The molecule has 0 aliphatic carbocycles. The molecule has 19 heavy (non-hydrogen) atoms. The van der Waals surface area contributed by atoms with Crippen LogP contribution in [-0.4, -0.2) is 43.0 Å². The Morgan fingerprint density at radius 3 is 2.47 bits per heavy atom. The molecule has 104 valence electrons. The third-order valence-electron chi connectivity index (χ3n) is 3.59. The summed E-state index contributed by atoms with van der Waals surface area (Å²) in [6.07, 6.45) is 0.323. The van der Waals surface area contributed by atoms with Crippen LogP contribution in [0.15, 0.2) is 12.1 Å². The van der Waals surface area contributed by atoms with Crippen LogP contribution in [0, 0.1) is 15.9 Å². The molecule has 1 aliphatic rings. The Bertz CT molecular complexity index is 485. The van der Waals surface area contributed by atoms with Gasteiger partial charge in [0.15, 0.2) is 5.82 Å². The van der Waals surface area contributed by atoms with E-state index >= 15 is 0 Å². The fourth-order valence-corrected chi connectivity index (χ4v) is 2.40. The van der Waals surface area contributed by atoms with Crippen LogP contribution in [0.1, 0.15) is 12.5 Å². The highest BCUT2D eigenvalue weighted by Gasteiger charge is 2.24. The Morgan fingerprint density at radius 2 is 1.95 bits per heavy atom. The highest BCUT2D eigenvalue weighted by molar-refractivity contribution is 5.57. The lowest BCUT2D eigenvalue weighted by molar-refractivity contribution is -0.385. The van der Waals surface area contributed by atoms with Gasteiger partial charge < -0.3 is 9.80 Å². The van der Waals surface area contributed by atoms with E-state index in [1.54, 1.807) is 6.92 Å². The van der Waals surface area contributed by atoms with Crippen molar-refractivity contribution in [2.75, 3.05) is 38.1 Å². The van der Waals surface area contributed by atoms with Crippen molar-refractivity contribution in [3.05, 3.63) is 33.6 Å². The second-order valence-corrected chi connectivity index (χ2v) is 4.80. The van der Waals surface area contributed by atoms with Gasteiger partial charge in [-0.05, 0) is 19.5 Å². The highest BCUT2D eigenvalue weighted by atomic mass is 19.1. The van der Waals surface area contributed by atoms with Gasteiger partial charge >= 0.3 is 0 Å². The summed E-state index contributed by atoms with van der Waals surface area (Å²) in [4.78, 5) is 14.5. The summed E-state index contributed by atoms with van der Waals surface area (Å²) in [6, 6.07) is 2.94. The molecule has 6 heteroatoms. The fraction of sp³-hybridized carbons (Fsp3) is 0.538. The van der Waals surface area contributed by atoms with Crippen molar-refractivity contribution < 1.29 is 9.31 Å². The van der Waals surface area contributed by atoms with Crippen molar-refractivity contribution in [2.45, 2.75) is 13.3 Å². The molecule has 0 unspecified atom stereocenters. The van der Waals surface area contributed by atoms with Gasteiger partial charge in [0.1, 0.15) is 0 Å². The van der Waals surface area contributed by atoms with Gasteiger partial charge in [-0.3, -0.25) is 10.1 Å². The molecular formula is C13H18FN3O2. The first-order chi connectivity index (χ1) is 9.04. The van der Waals surface area contributed by atoms with Gasteiger partial charge in [-0.15, -0.1) is 0 Å². The minimum atomic E-state index is -0.518. The van der Waals surface area contributed by atoms with E-state index in [4.69, 9.17) is 0 Å². The lowest BCUT2D eigenvalue weighted by Crippen LogP contribution is -2.44. The standard InChI is InChI=1S/C13H18FN3O2/c1-3-10-11(17(18)19)4-5-12(13(10)14)16-8-6-15(2)7-9-16/h4-5H,3,6-9H2,1-2H3. The Kier molecular flexibility index (Phi) is 3.99. The van der Waals surface area contributed by atoms with E-state index in [9.17, 15) is 14.5 Å². The second-order valence-electron chi connectivity index (χ2n) is 4.80. The smallest absolute Gasteiger partial charge is 0.275 e. The number of nitro groups is 1. The molecule has 0 amide bonds. The summed E-state index contributed by atoms with van der Waals surface area (Å²) >= 11 is 0. The van der Waals surface area contributed by atoms with Gasteiger partial charge in [-0.2, -0.15) is 0 Å². The van der Waals surface area contributed by atoms with E-state index in [1.807, 2.05) is 11.9 Å². The molecule has 0 bridgehead atoms. The second kappa shape index (κ2) is 5.52. The first-order valence-corrected chi connectivity index (χ1v) is 6.43. The third kappa shape index (κ3) is 2.68. The first kappa shape index (κ1) is 13.7. The SMILES string of the molecule is CCc1c([N+](=O)[O-])ccc(N2CCN(C)CC2)c1F. The number of likely N-dealkylation sites (N-methyl/N-ethyl adjacent to an activating group) is 1. The molecule has 1 saturated heterocycles. The van der Waals surface area contributed by atoms with Crippen LogP contribution in [0.2, 0.25) is 0 Å². The topological polar surface area (TPSA) is 49.6 Å². The maximum atomic E-state index is 14.4. The van der Waals surface area contributed by atoms with E-state index in [1.165, 1.54) is 12.1 Å². The maximum absolute atomic E-state index is 14.4. The van der Waals surface area contributed by atoms with Gasteiger partial charge in [0.05, 0.1) is 16.2 Å². The summed E-state index contributed by atoms with van der Waals surface area (Å²) in [5, 5.41) is 10.9. The Labute approximate surface area is 111 Å². The van der Waals surface area contributed by atoms with E-state index in [0.717, 1.165) is 26.2 Å². The van der Waals surface area contributed by atoms with E-state index in [2.05, 4.69) is 4.90 Å². The van der Waals surface area contributed by atoms with Crippen molar-refractivity contribution in [1.82, 2.24) is 4.90 Å². The van der Waals surface area contributed by atoms with Gasteiger partial charge in [-0.1, -0.05) is 6.92 Å². The molecule has 0 N–H and O–H groups in total. The van der Waals surface area contributed by atoms with Crippen molar-refractivity contribution in [2.24, 2.45) is 0 Å². The quantitative estimate of drug-likeness (QED) is 0.621. The summed E-state index contributed by atoms with van der Waals surface area (Å²) < 4.78 is 14.4. The summed E-state index contributed by atoms with van der Waals surface area (Å²) in [6.45, 7) is 4.97. The monoisotopic (exact) mass is 267 g/mol. The average Bonchev–Trinajstić information content (AvgIpc) is 2.39. The predicted octanol–water partition coefficient (Wildman–Crippen LogP) is 2.05. The largest absolute Gasteiger partial charge is 0.367 e. The molecule has 1 aromatic rings. The molecule has 1 heterocycles. The molecule has 0 saturated carbocycles. The van der Waals surface area contributed by atoms with Crippen LogP contribution in [0.5, 0.6) is 0 Å². The molecular weight excluding hydrogens is 249 g/mol. The van der Waals surface area contributed by atoms with E-state index in [-0.39, 0.29) is 11.3 Å². The molecule has 1 aromatic carbocycles. The molecule has 0 radical (unpaired) electrons. The molecule has 5 nitrogen and oxygen atoms in total. The van der Waals surface area contributed by atoms with Crippen LogP contribution >= 0.6 is 0 Å². The normalized spacial score (nSPS) is 16.7. The van der Waals surface area contributed by atoms with E-state index in [0.29, 0.717) is 12.1 Å². The van der Waals surface area contributed by atoms with Crippen LogP contribution in [0.4, 0.5) is 15.8 Å². The van der Waals surface area contributed by atoms with E-state index < -0.39 is 10.7 Å². The maximum Gasteiger partial charge on any atom is 0.275 e. The minimum absolute atomic E-state index is 0.127. The Balaban J connectivity index is 2.34. The summed E-state index contributed by atoms with van der Waals surface area (Å²) in [5.74, 6) is -0.443. The third-order valence-corrected chi connectivity index (χ3v) is 3.59. The number of nitrogens with zero attached hydrogens (tertiary/aromatic N) is 3. The summed E-state index contributed by atoms with van der Waals surface area (Å²) in [5.41, 5.74) is 0.551. The molecule has 1 fully saturated rings. The minimum Gasteiger partial charge on any atom is -0.367 e. The van der Waals surface area contributed by atoms with Crippen LogP contribution in [0.25, 0.3) is 0 Å². The van der Waals surface area contributed by atoms with Crippen LogP contribution in [0.3, 0.4) is 0 Å². The molecule has 0 spiro atoms. The number of halogens is 1. The number of anilines is 1. The number of hydrogen-bond donors (Lipinski definition) is 0. The van der Waals surface area contributed by atoms with Gasteiger partial charge in [0.25, 0.3) is 5.69 Å². The van der Waals surface area contributed by atoms with Gasteiger partial charge in [0.2, 0.25) is 0 Å². The summed E-state index contributed by atoms with van der Waals surface area (Å²) in [7, 11) is 2.03. The number of benzene rings is 1. The number of piperazine rings is 1. The molecule has 2 rings (SSSR count). The molecule has 1 aliphatic heterocycles. The lowest BCUT2D eigenvalue weighted by atomic mass is 10.1. The zero-order chi connectivity index (χ0) is 14.0. The van der Waals surface area contributed by atoms with Crippen molar-refractivity contribution >= 4 is 11.4 Å². The van der Waals surface area contributed by atoms with Crippen LogP contribution in [-0.2, 0) is 6.42 Å².